The van der Waals surface area contributed by atoms with Gasteiger partial charge in [0, 0.05) is 19.0 Å². The maximum Gasteiger partial charge on any atom is 0.240 e. The molecule has 4 rings (SSSR count). The lowest BCUT2D eigenvalue weighted by atomic mass is 10.1. The van der Waals surface area contributed by atoms with Gasteiger partial charge in [-0.2, -0.15) is 0 Å². The van der Waals surface area contributed by atoms with E-state index in [0.717, 1.165) is 50.2 Å². The molecule has 2 fully saturated rings. The molecule has 1 saturated heterocycles. The van der Waals surface area contributed by atoms with Gasteiger partial charge in [0.25, 0.3) is 0 Å². The average molecular weight is 357 g/mol. The van der Waals surface area contributed by atoms with Crippen molar-refractivity contribution >= 4 is 17.7 Å². The van der Waals surface area contributed by atoms with Crippen LogP contribution in [0.4, 0.5) is 0 Å². The predicted octanol–water partition coefficient (Wildman–Crippen LogP) is 2.72. The quantitative estimate of drug-likeness (QED) is 0.658. The summed E-state index contributed by atoms with van der Waals surface area (Å²) in [5, 5.41) is 8.77. The van der Waals surface area contributed by atoms with Crippen LogP contribution in [0.3, 0.4) is 0 Å². The number of thioether (sulfide) groups is 1. The normalized spacial score (nSPS) is 19.0. The number of carbonyl (C=O) groups is 1. The molecule has 1 atom stereocenters. The van der Waals surface area contributed by atoms with E-state index in [9.17, 15) is 4.79 Å². The van der Waals surface area contributed by atoms with Gasteiger partial charge in [-0.3, -0.25) is 4.79 Å². The van der Waals surface area contributed by atoms with E-state index in [1.807, 2.05) is 35.2 Å². The van der Waals surface area contributed by atoms with E-state index >= 15 is 0 Å². The number of amides is 1. The molecule has 2 aliphatic rings. The fourth-order valence-electron chi connectivity index (χ4n) is 3.26. The van der Waals surface area contributed by atoms with Gasteiger partial charge in [0.15, 0.2) is 5.82 Å². The Labute approximate surface area is 151 Å². The maximum absolute atomic E-state index is 13.2. The molecule has 132 valence electrons. The highest BCUT2D eigenvalue weighted by Gasteiger charge is 2.33. The number of hydrogen-bond donors (Lipinski definition) is 1. The van der Waals surface area contributed by atoms with Crippen LogP contribution in [-0.4, -0.2) is 38.8 Å². The van der Waals surface area contributed by atoms with Crippen LogP contribution in [0.15, 0.2) is 35.5 Å². The minimum absolute atomic E-state index is 0.145. The zero-order chi connectivity index (χ0) is 17.2. The average Bonchev–Trinajstić information content (AvgIpc) is 3.44. The number of nitrogens with zero attached hydrogens (tertiary/aromatic N) is 4. The summed E-state index contributed by atoms with van der Waals surface area (Å²) < 4.78 is 1.57. The second-order valence-corrected chi connectivity index (χ2v) is 7.85. The van der Waals surface area contributed by atoms with Gasteiger partial charge in [-0.1, -0.05) is 42.1 Å². The SMILES string of the molecule is Nn1c(S[C@@H](C(=O)N2CCCCC2)c2ccccc2)nnc1C1CC1. The van der Waals surface area contributed by atoms with Crippen molar-refractivity contribution < 1.29 is 4.79 Å². The highest BCUT2D eigenvalue weighted by atomic mass is 32.2. The largest absolute Gasteiger partial charge is 0.341 e. The number of nitrogen functional groups attached to an aromatic ring is 1. The Morgan fingerprint density at radius 2 is 1.84 bits per heavy atom. The van der Waals surface area contributed by atoms with Crippen LogP contribution in [0.5, 0.6) is 0 Å². The third-order valence-electron chi connectivity index (χ3n) is 4.85. The predicted molar refractivity (Wildman–Crippen MR) is 97.6 cm³/mol. The Hall–Kier alpha value is -2.02. The summed E-state index contributed by atoms with van der Waals surface area (Å²) in [5.74, 6) is 7.60. The number of piperidine rings is 1. The van der Waals surface area contributed by atoms with Gasteiger partial charge in [0.1, 0.15) is 5.25 Å². The summed E-state index contributed by atoms with van der Waals surface area (Å²) in [4.78, 5) is 15.2. The Kier molecular flexibility index (Phi) is 4.65. The molecule has 2 aromatic rings. The van der Waals surface area contributed by atoms with Gasteiger partial charge in [-0.05, 0) is 37.7 Å². The van der Waals surface area contributed by atoms with E-state index in [1.165, 1.54) is 18.2 Å². The van der Waals surface area contributed by atoms with E-state index in [4.69, 9.17) is 5.84 Å². The van der Waals surface area contributed by atoms with Crippen LogP contribution in [-0.2, 0) is 4.79 Å². The zero-order valence-electron chi connectivity index (χ0n) is 14.2. The molecular formula is C18H23N5OS. The first-order valence-corrected chi connectivity index (χ1v) is 9.83. The van der Waals surface area contributed by atoms with Gasteiger partial charge in [-0.25, -0.2) is 4.68 Å². The third-order valence-corrected chi connectivity index (χ3v) is 6.05. The highest BCUT2D eigenvalue weighted by molar-refractivity contribution is 8.00. The maximum atomic E-state index is 13.2. The Morgan fingerprint density at radius 1 is 1.12 bits per heavy atom. The molecule has 1 saturated carbocycles. The molecular weight excluding hydrogens is 334 g/mol. The second kappa shape index (κ2) is 7.07. The first-order valence-electron chi connectivity index (χ1n) is 8.95. The molecule has 1 aromatic heterocycles. The number of rotatable bonds is 5. The Morgan fingerprint density at radius 3 is 2.52 bits per heavy atom. The summed E-state index contributed by atoms with van der Waals surface area (Å²) in [5.41, 5.74) is 0.985. The first kappa shape index (κ1) is 16.4. The van der Waals surface area contributed by atoms with Gasteiger partial charge in [0.2, 0.25) is 11.1 Å². The number of hydrogen-bond acceptors (Lipinski definition) is 5. The van der Waals surface area contributed by atoms with Crippen LogP contribution in [0.1, 0.15) is 54.7 Å². The van der Waals surface area contributed by atoms with Gasteiger partial charge >= 0.3 is 0 Å². The molecule has 6 nitrogen and oxygen atoms in total. The fraction of sp³-hybridized carbons (Fsp3) is 0.500. The van der Waals surface area contributed by atoms with Crippen LogP contribution in [0, 0.1) is 0 Å². The summed E-state index contributed by atoms with van der Waals surface area (Å²) in [6.07, 6.45) is 5.60. The van der Waals surface area contributed by atoms with Gasteiger partial charge in [-0.15, -0.1) is 10.2 Å². The van der Waals surface area contributed by atoms with E-state index in [0.29, 0.717) is 11.1 Å². The van der Waals surface area contributed by atoms with Crippen molar-refractivity contribution in [2.75, 3.05) is 18.9 Å². The Balaban J connectivity index is 1.60. The van der Waals surface area contributed by atoms with E-state index < -0.39 is 0 Å². The topological polar surface area (TPSA) is 77.0 Å². The van der Waals surface area contributed by atoms with Crippen LogP contribution in [0.2, 0.25) is 0 Å². The third kappa shape index (κ3) is 3.51. The van der Waals surface area contributed by atoms with Crippen molar-refractivity contribution in [2.45, 2.75) is 48.4 Å². The molecule has 2 heterocycles. The van der Waals surface area contributed by atoms with Crippen molar-refractivity contribution in [2.24, 2.45) is 0 Å². The molecule has 0 spiro atoms. The molecule has 1 aliphatic carbocycles. The molecule has 0 unspecified atom stereocenters. The van der Waals surface area contributed by atoms with E-state index in [1.54, 1.807) is 4.68 Å². The lowest BCUT2D eigenvalue weighted by Crippen LogP contribution is -2.38. The number of likely N-dealkylation sites (tertiary alicyclic amines) is 1. The molecule has 7 heteroatoms. The standard InChI is InChI=1S/C18H23N5OS/c19-23-16(14-9-10-14)20-21-18(23)25-15(13-7-3-1-4-8-13)17(24)22-11-5-2-6-12-22/h1,3-4,7-8,14-15H,2,5-6,9-12,19H2/t15-/m1/s1. The van der Waals surface area contributed by atoms with Gasteiger partial charge < -0.3 is 10.7 Å². The summed E-state index contributed by atoms with van der Waals surface area (Å²) >= 11 is 1.41. The summed E-state index contributed by atoms with van der Waals surface area (Å²) in [7, 11) is 0. The van der Waals surface area contributed by atoms with Gasteiger partial charge in [0.05, 0.1) is 0 Å². The van der Waals surface area contributed by atoms with Crippen molar-refractivity contribution in [3.63, 3.8) is 0 Å². The zero-order valence-corrected chi connectivity index (χ0v) is 15.0. The van der Waals surface area contributed by atoms with Crippen LogP contribution >= 0.6 is 11.8 Å². The lowest BCUT2D eigenvalue weighted by molar-refractivity contribution is -0.131. The minimum Gasteiger partial charge on any atom is -0.341 e. The minimum atomic E-state index is -0.335. The number of aromatic nitrogens is 3. The van der Waals surface area contributed by atoms with E-state index in [-0.39, 0.29) is 11.2 Å². The highest BCUT2D eigenvalue weighted by Crippen LogP contribution is 2.41. The molecule has 1 amide bonds. The lowest BCUT2D eigenvalue weighted by Gasteiger charge is -2.30. The molecule has 2 N–H and O–H groups in total. The summed E-state index contributed by atoms with van der Waals surface area (Å²) in [6, 6.07) is 9.90. The number of nitrogens with two attached hydrogens (primary N) is 1. The van der Waals surface area contributed by atoms with Crippen molar-refractivity contribution in [3.8, 4) is 0 Å². The van der Waals surface area contributed by atoms with Crippen molar-refractivity contribution in [3.05, 3.63) is 41.7 Å². The smallest absolute Gasteiger partial charge is 0.240 e. The second-order valence-electron chi connectivity index (χ2n) is 6.78. The molecule has 0 radical (unpaired) electrons. The van der Waals surface area contributed by atoms with Crippen LogP contribution < -0.4 is 5.84 Å². The van der Waals surface area contributed by atoms with E-state index in [2.05, 4.69) is 10.2 Å². The monoisotopic (exact) mass is 357 g/mol. The molecule has 0 bridgehead atoms. The Bertz CT molecular complexity index is 737. The van der Waals surface area contributed by atoms with Crippen molar-refractivity contribution in [1.82, 2.24) is 19.8 Å². The fourth-order valence-corrected chi connectivity index (χ4v) is 4.31. The number of benzene rings is 1. The first-order chi connectivity index (χ1) is 12.2. The molecule has 25 heavy (non-hydrogen) atoms. The summed E-state index contributed by atoms with van der Waals surface area (Å²) in [6.45, 7) is 1.68. The molecule has 1 aliphatic heterocycles. The number of carbonyl (C=O) groups excluding carboxylic acids is 1. The van der Waals surface area contributed by atoms with Crippen LogP contribution in [0.25, 0.3) is 0 Å². The molecule has 1 aromatic carbocycles. The van der Waals surface area contributed by atoms with Crippen molar-refractivity contribution in [1.29, 1.82) is 0 Å².